The van der Waals surface area contributed by atoms with Crippen LogP contribution in [0, 0.1) is 22.7 Å². The Labute approximate surface area is 202 Å². The summed E-state index contributed by atoms with van der Waals surface area (Å²) in [6.45, 7) is 0. The van der Waals surface area contributed by atoms with Gasteiger partial charge in [0.05, 0.1) is 40.3 Å². The van der Waals surface area contributed by atoms with Crippen LogP contribution < -0.4 is 20.5 Å². The Bertz CT molecular complexity index is 1680. The molecule has 1 aliphatic heterocycles. The molecule has 1 aromatic heterocycles. The largest absolute Gasteiger partial charge is 0.416 e. The maximum atomic E-state index is 13.3. The lowest BCUT2D eigenvalue weighted by atomic mass is 9.84. The van der Waals surface area contributed by atoms with E-state index in [0.29, 0.717) is 11.3 Å². The SMILES string of the molecule is N#CC1=C(N)n2c(sc(=O)c2=Cc2cccc(C(F)(F)F)c2)=C(C#N)[C@@H]1c1cccc(C(F)(F)F)c1. The van der Waals surface area contributed by atoms with Crippen molar-refractivity contribution < 1.29 is 26.3 Å². The van der Waals surface area contributed by atoms with Gasteiger partial charge in [-0.1, -0.05) is 41.7 Å². The van der Waals surface area contributed by atoms with Gasteiger partial charge < -0.3 is 5.73 Å². The molecule has 36 heavy (non-hydrogen) atoms. The summed E-state index contributed by atoms with van der Waals surface area (Å²) in [6.07, 6.45) is -8.17. The molecule has 2 heterocycles. The summed E-state index contributed by atoms with van der Waals surface area (Å²) in [7, 11) is 0. The van der Waals surface area contributed by atoms with Crippen LogP contribution in [0.2, 0.25) is 0 Å². The van der Waals surface area contributed by atoms with Crippen molar-refractivity contribution in [2.75, 3.05) is 0 Å². The number of fused-ring (bicyclic) bond motifs is 1. The van der Waals surface area contributed by atoms with E-state index >= 15 is 0 Å². The van der Waals surface area contributed by atoms with Crippen molar-refractivity contribution >= 4 is 28.8 Å². The maximum absolute atomic E-state index is 13.3. The number of rotatable bonds is 2. The molecule has 0 spiro atoms. The van der Waals surface area contributed by atoms with E-state index in [2.05, 4.69) is 0 Å². The smallest absolute Gasteiger partial charge is 0.384 e. The zero-order valence-corrected chi connectivity index (χ0v) is 18.6. The van der Waals surface area contributed by atoms with E-state index in [1.807, 2.05) is 12.1 Å². The van der Waals surface area contributed by atoms with Gasteiger partial charge in [-0.25, -0.2) is 0 Å². The Balaban J connectivity index is 2.03. The topological polar surface area (TPSA) is 95.6 Å². The van der Waals surface area contributed by atoms with E-state index < -0.39 is 34.1 Å². The highest BCUT2D eigenvalue weighted by atomic mass is 32.1. The molecule has 0 radical (unpaired) electrons. The number of halogens is 6. The number of hydrogen-bond acceptors (Lipinski definition) is 5. The van der Waals surface area contributed by atoms with E-state index in [1.54, 1.807) is 0 Å². The van der Waals surface area contributed by atoms with Crippen molar-refractivity contribution in [3.05, 3.63) is 95.9 Å². The number of benzene rings is 2. The van der Waals surface area contributed by atoms with Crippen LogP contribution in [-0.2, 0) is 12.4 Å². The number of hydrogen-bond donors (Lipinski definition) is 1. The van der Waals surface area contributed by atoms with Gasteiger partial charge >= 0.3 is 12.4 Å². The molecule has 4 rings (SSSR count). The van der Waals surface area contributed by atoms with Crippen LogP contribution in [0.15, 0.2) is 58.9 Å². The minimum Gasteiger partial charge on any atom is -0.384 e. The molecule has 2 aromatic carbocycles. The molecule has 1 aliphatic rings. The van der Waals surface area contributed by atoms with Gasteiger partial charge in [0.2, 0.25) is 0 Å². The number of alkyl halides is 6. The summed E-state index contributed by atoms with van der Waals surface area (Å²) >= 11 is 0.552. The quantitative estimate of drug-likeness (QED) is 0.521. The number of nitrogens with zero attached hydrogens (tertiary/aromatic N) is 3. The molecule has 0 saturated heterocycles. The van der Waals surface area contributed by atoms with Crippen LogP contribution in [0.3, 0.4) is 0 Å². The molecule has 5 nitrogen and oxygen atoms in total. The first-order chi connectivity index (χ1) is 16.9. The first-order valence-corrected chi connectivity index (χ1v) is 10.8. The van der Waals surface area contributed by atoms with Gasteiger partial charge in [0.15, 0.2) is 0 Å². The second-order valence-corrected chi connectivity index (χ2v) is 8.64. The highest BCUT2D eigenvalue weighted by Gasteiger charge is 2.35. The van der Waals surface area contributed by atoms with E-state index in [0.717, 1.165) is 47.0 Å². The molecule has 182 valence electrons. The van der Waals surface area contributed by atoms with Crippen molar-refractivity contribution in [2.45, 2.75) is 18.3 Å². The summed E-state index contributed by atoms with van der Waals surface area (Å²) in [5.74, 6) is -1.59. The van der Waals surface area contributed by atoms with E-state index in [4.69, 9.17) is 5.73 Å². The van der Waals surface area contributed by atoms with Crippen LogP contribution >= 0.6 is 11.3 Å². The maximum Gasteiger partial charge on any atom is 0.416 e. The van der Waals surface area contributed by atoms with Gasteiger partial charge in [0.1, 0.15) is 15.8 Å². The normalized spacial score (nSPS) is 16.5. The molecule has 0 amide bonds. The van der Waals surface area contributed by atoms with Crippen molar-refractivity contribution in [1.29, 1.82) is 10.5 Å². The van der Waals surface area contributed by atoms with Gasteiger partial charge in [0, 0.05) is 0 Å². The minimum absolute atomic E-state index is 0.0137. The van der Waals surface area contributed by atoms with Crippen LogP contribution in [0.25, 0.3) is 17.5 Å². The second kappa shape index (κ2) is 8.73. The molecule has 0 unspecified atom stereocenters. The molecule has 2 N–H and O–H groups in total. The summed E-state index contributed by atoms with van der Waals surface area (Å²) in [6, 6.07) is 11.9. The van der Waals surface area contributed by atoms with Gasteiger partial charge in [-0.2, -0.15) is 36.9 Å². The van der Waals surface area contributed by atoms with E-state index in [-0.39, 0.29) is 38.1 Å². The molecule has 3 aromatic rings. The minimum atomic E-state index is -4.68. The van der Waals surface area contributed by atoms with Crippen LogP contribution in [0.1, 0.15) is 28.2 Å². The molecule has 0 bridgehead atoms. The molecule has 0 fully saturated rings. The molecule has 0 saturated carbocycles. The number of allylic oxidation sites excluding steroid dienone is 1. The first kappa shape index (κ1) is 24.8. The van der Waals surface area contributed by atoms with Crippen LogP contribution in [-0.4, -0.2) is 4.57 Å². The molecule has 1 atom stereocenters. The van der Waals surface area contributed by atoms with Gasteiger partial charge in [0.25, 0.3) is 4.74 Å². The van der Waals surface area contributed by atoms with Crippen molar-refractivity contribution in [1.82, 2.24) is 4.57 Å². The lowest BCUT2D eigenvalue weighted by molar-refractivity contribution is -0.138. The standard InChI is InChI=1S/C24H12F6N4OS/c25-23(26,27)14-5-1-3-12(7-14)8-18-22(35)36-21-17(11-32)19(16(10-31)20(33)34(18)21)13-4-2-6-15(9-13)24(28,29)30/h1-9,19H,33H2/t19-/m1/s1. The third kappa shape index (κ3) is 4.27. The Morgan fingerprint density at radius 3 is 2.08 bits per heavy atom. The van der Waals surface area contributed by atoms with Crippen molar-refractivity contribution in [3.8, 4) is 12.1 Å². The highest BCUT2D eigenvalue weighted by molar-refractivity contribution is 7.07. The average Bonchev–Trinajstić information content (AvgIpc) is 3.14. The zero-order valence-electron chi connectivity index (χ0n) is 17.8. The Kier molecular flexibility index (Phi) is 6.02. The Hall–Kier alpha value is -4.29. The summed E-state index contributed by atoms with van der Waals surface area (Å²) in [4.78, 5) is 12.8. The van der Waals surface area contributed by atoms with Crippen molar-refractivity contribution in [2.24, 2.45) is 5.73 Å². The fourth-order valence-electron chi connectivity index (χ4n) is 3.89. The highest BCUT2D eigenvalue weighted by Crippen LogP contribution is 2.38. The number of thiazole rings is 1. The van der Waals surface area contributed by atoms with Crippen LogP contribution in [0.4, 0.5) is 26.3 Å². The van der Waals surface area contributed by atoms with Gasteiger partial charge in [-0.3, -0.25) is 9.36 Å². The Morgan fingerprint density at radius 2 is 1.50 bits per heavy atom. The monoisotopic (exact) mass is 518 g/mol. The fourth-order valence-corrected chi connectivity index (χ4v) is 4.88. The molecule has 12 heteroatoms. The summed E-state index contributed by atoms with van der Waals surface area (Å²) in [5, 5.41) is 19.5. The number of nitriles is 2. The fraction of sp³-hybridized carbons (Fsp3) is 0.125. The van der Waals surface area contributed by atoms with Crippen LogP contribution in [0.5, 0.6) is 0 Å². The van der Waals surface area contributed by atoms with Crippen molar-refractivity contribution in [3.63, 3.8) is 0 Å². The number of nitrogens with two attached hydrogens (primary N) is 1. The average molecular weight is 518 g/mol. The van der Waals surface area contributed by atoms with E-state index in [9.17, 15) is 41.7 Å². The summed E-state index contributed by atoms with van der Waals surface area (Å²) in [5.41, 5.74) is 3.74. The van der Waals surface area contributed by atoms with Gasteiger partial charge in [-0.05, 0) is 35.4 Å². The lowest BCUT2D eigenvalue weighted by Gasteiger charge is -2.23. The molecule has 0 aliphatic carbocycles. The third-order valence-corrected chi connectivity index (χ3v) is 6.46. The third-order valence-electron chi connectivity index (χ3n) is 5.47. The van der Waals surface area contributed by atoms with E-state index in [1.165, 1.54) is 12.1 Å². The summed E-state index contributed by atoms with van der Waals surface area (Å²) < 4.78 is 79.6. The zero-order chi connectivity index (χ0) is 26.4. The Morgan fingerprint density at radius 1 is 0.917 bits per heavy atom. The molecular formula is C24H12F6N4OS. The predicted molar refractivity (Wildman–Crippen MR) is 119 cm³/mol. The predicted octanol–water partition coefficient (Wildman–Crippen LogP) is 3.90. The lowest BCUT2D eigenvalue weighted by Crippen LogP contribution is -2.38. The second-order valence-electron chi connectivity index (χ2n) is 7.68. The first-order valence-electron chi connectivity index (χ1n) is 9.99. The number of aromatic nitrogens is 1. The molecular weight excluding hydrogens is 506 g/mol. The van der Waals surface area contributed by atoms with Gasteiger partial charge in [-0.15, -0.1) is 0 Å².